The number of H-pyrrole nitrogens is 1. The Kier molecular flexibility index (Phi) is 4.54. The number of carbonyl (C=O) groups excluding carboxylic acids is 2. The van der Waals surface area contributed by atoms with Crippen LogP contribution in [0.15, 0.2) is 65.7 Å². The average molecular weight is 448 g/mol. The standard InChI is InChI=1S/C23H19N3O5S/c1-26-19-9-10-20(15-6-4-7-16(21(15)19)22(26)27)32(30,31)25-18(23(28)29)11-13-12-24-17-8-3-2-5-14(13)17/h2-10,12,18,24-25H,11H2,1H3,(H,28,29)/p-1. The number of sulfonamides is 1. The highest BCUT2D eigenvalue weighted by Crippen LogP contribution is 2.39. The van der Waals surface area contributed by atoms with Crippen LogP contribution in [0.4, 0.5) is 5.69 Å². The molecule has 1 atom stereocenters. The Hall–Kier alpha value is -3.69. The van der Waals surface area contributed by atoms with Crippen molar-refractivity contribution < 1.29 is 23.1 Å². The molecule has 0 saturated carbocycles. The first kappa shape index (κ1) is 20.2. The van der Waals surface area contributed by atoms with Gasteiger partial charge in [-0.05, 0) is 36.2 Å². The van der Waals surface area contributed by atoms with Crippen molar-refractivity contribution in [3.8, 4) is 0 Å². The molecule has 1 aliphatic rings. The number of anilines is 1. The summed E-state index contributed by atoms with van der Waals surface area (Å²) >= 11 is 0. The molecule has 0 radical (unpaired) electrons. The van der Waals surface area contributed by atoms with Crippen molar-refractivity contribution >= 4 is 49.3 Å². The van der Waals surface area contributed by atoms with Crippen LogP contribution >= 0.6 is 0 Å². The van der Waals surface area contributed by atoms with Crippen LogP contribution < -0.4 is 14.7 Å². The zero-order chi connectivity index (χ0) is 22.6. The number of hydrogen-bond acceptors (Lipinski definition) is 5. The second-order valence-corrected chi connectivity index (χ2v) is 9.41. The van der Waals surface area contributed by atoms with Gasteiger partial charge >= 0.3 is 0 Å². The maximum absolute atomic E-state index is 13.3. The van der Waals surface area contributed by atoms with Gasteiger partial charge in [0.25, 0.3) is 5.91 Å². The Morgan fingerprint density at radius 2 is 1.84 bits per heavy atom. The van der Waals surface area contributed by atoms with Crippen molar-refractivity contribution in [2.75, 3.05) is 11.9 Å². The minimum atomic E-state index is -4.24. The number of nitrogens with one attached hydrogen (secondary N) is 2. The lowest BCUT2D eigenvalue weighted by Gasteiger charge is -2.20. The molecular formula is C23H18N3O5S-. The molecule has 1 amide bonds. The second-order valence-electron chi connectivity index (χ2n) is 7.73. The number of aromatic nitrogens is 1. The van der Waals surface area contributed by atoms with Crippen molar-refractivity contribution in [3.63, 3.8) is 0 Å². The van der Waals surface area contributed by atoms with Gasteiger partial charge in [0.05, 0.1) is 22.6 Å². The highest BCUT2D eigenvalue weighted by molar-refractivity contribution is 7.89. The fourth-order valence-corrected chi connectivity index (χ4v) is 5.68. The molecule has 0 spiro atoms. The molecule has 0 saturated heterocycles. The Balaban J connectivity index is 1.54. The molecule has 4 aromatic rings. The number of para-hydroxylation sites is 1. The number of aliphatic carboxylic acids is 1. The molecule has 2 heterocycles. The third-order valence-corrected chi connectivity index (χ3v) is 7.38. The summed E-state index contributed by atoms with van der Waals surface area (Å²) in [6.07, 6.45) is 1.57. The highest BCUT2D eigenvalue weighted by Gasteiger charge is 2.31. The summed E-state index contributed by atoms with van der Waals surface area (Å²) in [6.45, 7) is 0. The van der Waals surface area contributed by atoms with Gasteiger partial charge in [0.15, 0.2) is 0 Å². The lowest BCUT2D eigenvalue weighted by Crippen LogP contribution is -2.49. The van der Waals surface area contributed by atoms with E-state index in [2.05, 4.69) is 9.71 Å². The number of amides is 1. The van der Waals surface area contributed by atoms with Gasteiger partial charge in [0, 0.05) is 40.5 Å². The molecule has 2 N–H and O–H groups in total. The number of aromatic amines is 1. The van der Waals surface area contributed by atoms with E-state index in [0.717, 1.165) is 10.9 Å². The van der Waals surface area contributed by atoms with Crippen LogP contribution in [0.25, 0.3) is 21.7 Å². The van der Waals surface area contributed by atoms with E-state index in [-0.39, 0.29) is 17.2 Å². The van der Waals surface area contributed by atoms with E-state index in [4.69, 9.17) is 0 Å². The predicted octanol–water partition coefficient (Wildman–Crippen LogP) is 1.55. The molecule has 0 fully saturated rings. The fraction of sp³-hybridized carbons (Fsp3) is 0.130. The number of rotatable bonds is 6. The summed E-state index contributed by atoms with van der Waals surface area (Å²) in [5.74, 6) is -1.75. The molecule has 1 unspecified atom stereocenters. The van der Waals surface area contributed by atoms with Gasteiger partial charge in [-0.1, -0.05) is 30.3 Å². The molecule has 0 aliphatic carbocycles. The molecule has 8 nitrogen and oxygen atoms in total. The number of nitrogens with zero attached hydrogens (tertiary/aromatic N) is 1. The van der Waals surface area contributed by atoms with Crippen molar-refractivity contribution in [3.05, 3.63) is 71.9 Å². The normalized spacial score (nSPS) is 14.4. The zero-order valence-corrected chi connectivity index (χ0v) is 17.8. The number of carboxylic acid groups (broad SMARTS) is 1. The first-order valence-corrected chi connectivity index (χ1v) is 11.4. The Morgan fingerprint density at radius 3 is 2.62 bits per heavy atom. The number of fused-ring (bicyclic) bond motifs is 1. The summed E-state index contributed by atoms with van der Waals surface area (Å²) in [4.78, 5) is 28.7. The fourth-order valence-electron chi connectivity index (χ4n) is 4.29. The van der Waals surface area contributed by atoms with Gasteiger partial charge < -0.3 is 19.8 Å². The van der Waals surface area contributed by atoms with E-state index in [1.807, 2.05) is 24.3 Å². The molecule has 3 aromatic carbocycles. The van der Waals surface area contributed by atoms with Gasteiger partial charge in [0.2, 0.25) is 10.0 Å². The largest absolute Gasteiger partial charge is 0.548 e. The minimum absolute atomic E-state index is 0.0892. The van der Waals surface area contributed by atoms with E-state index < -0.39 is 22.0 Å². The van der Waals surface area contributed by atoms with Crippen LogP contribution in [0.2, 0.25) is 0 Å². The molecular weight excluding hydrogens is 430 g/mol. The number of benzene rings is 3. The van der Waals surface area contributed by atoms with Gasteiger partial charge in [-0.3, -0.25) is 4.79 Å². The summed E-state index contributed by atoms with van der Waals surface area (Å²) < 4.78 is 28.8. The maximum atomic E-state index is 13.3. The molecule has 0 bridgehead atoms. The van der Waals surface area contributed by atoms with E-state index >= 15 is 0 Å². The lowest BCUT2D eigenvalue weighted by atomic mass is 10.1. The quantitative estimate of drug-likeness (QED) is 0.463. The molecule has 1 aromatic heterocycles. The van der Waals surface area contributed by atoms with Crippen LogP contribution in [0.1, 0.15) is 15.9 Å². The summed E-state index contributed by atoms with van der Waals surface area (Å²) in [5.41, 5.74) is 2.50. The summed E-state index contributed by atoms with van der Waals surface area (Å²) in [7, 11) is -2.62. The van der Waals surface area contributed by atoms with Crippen LogP contribution in [0.3, 0.4) is 0 Å². The maximum Gasteiger partial charge on any atom is 0.258 e. The van der Waals surface area contributed by atoms with Gasteiger partial charge in [-0.25, -0.2) is 13.1 Å². The van der Waals surface area contributed by atoms with Crippen LogP contribution in [0.5, 0.6) is 0 Å². The molecule has 9 heteroatoms. The zero-order valence-electron chi connectivity index (χ0n) is 17.0. The number of carboxylic acids is 1. The molecule has 162 valence electrons. The molecule has 1 aliphatic heterocycles. The number of carbonyl (C=O) groups is 2. The second kappa shape index (κ2) is 7.18. The first-order chi connectivity index (χ1) is 15.3. The smallest absolute Gasteiger partial charge is 0.258 e. The summed E-state index contributed by atoms with van der Waals surface area (Å²) in [6, 6.07) is 13.7. The van der Waals surface area contributed by atoms with Crippen LogP contribution in [-0.2, 0) is 21.2 Å². The van der Waals surface area contributed by atoms with Gasteiger partial charge in [-0.2, -0.15) is 0 Å². The average Bonchev–Trinajstić information content (AvgIpc) is 3.29. The van der Waals surface area contributed by atoms with E-state index in [0.29, 0.717) is 27.6 Å². The van der Waals surface area contributed by atoms with E-state index in [1.54, 1.807) is 37.5 Å². The van der Waals surface area contributed by atoms with Crippen LogP contribution in [0, 0.1) is 0 Å². The Bertz CT molecular complexity index is 1520. The molecule has 32 heavy (non-hydrogen) atoms. The Labute approximate surface area is 183 Å². The van der Waals surface area contributed by atoms with Gasteiger partial charge in [0.1, 0.15) is 0 Å². The highest BCUT2D eigenvalue weighted by atomic mass is 32.2. The predicted molar refractivity (Wildman–Crippen MR) is 118 cm³/mol. The SMILES string of the molecule is CN1C(=O)c2cccc3c(S(=O)(=O)NC(Cc4c[nH]c5ccccc45)C(=O)[O-])ccc1c23. The Morgan fingerprint density at radius 1 is 1.09 bits per heavy atom. The van der Waals surface area contributed by atoms with Crippen molar-refractivity contribution in [2.45, 2.75) is 17.4 Å². The lowest BCUT2D eigenvalue weighted by molar-refractivity contribution is -0.307. The third kappa shape index (κ3) is 3.05. The molecule has 5 rings (SSSR count). The third-order valence-electron chi connectivity index (χ3n) is 5.85. The minimum Gasteiger partial charge on any atom is -0.548 e. The summed E-state index contributed by atoms with van der Waals surface area (Å²) in [5, 5.41) is 13.5. The number of hydrogen-bond donors (Lipinski definition) is 2. The topological polar surface area (TPSA) is 122 Å². The monoisotopic (exact) mass is 448 g/mol. The van der Waals surface area contributed by atoms with E-state index in [9.17, 15) is 23.1 Å². The van der Waals surface area contributed by atoms with Crippen molar-refractivity contribution in [2.24, 2.45) is 0 Å². The van der Waals surface area contributed by atoms with Gasteiger partial charge in [-0.15, -0.1) is 0 Å². The van der Waals surface area contributed by atoms with Crippen molar-refractivity contribution in [1.29, 1.82) is 0 Å². The first-order valence-electron chi connectivity index (χ1n) is 9.90. The van der Waals surface area contributed by atoms with Crippen molar-refractivity contribution in [1.82, 2.24) is 9.71 Å². The van der Waals surface area contributed by atoms with Crippen LogP contribution in [-0.4, -0.2) is 38.4 Å². The van der Waals surface area contributed by atoms with E-state index in [1.165, 1.54) is 11.0 Å².